The molecule has 2 aromatic carbocycles. The first-order chi connectivity index (χ1) is 11.0. The Hall–Kier alpha value is -1.72. The van der Waals surface area contributed by atoms with Crippen LogP contribution in [0.4, 0.5) is 14.9 Å². The van der Waals surface area contributed by atoms with Crippen molar-refractivity contribution in [3.63, 3.8) is 0 Å². The number of benzene rings is 2. The number of hydrogen-bond acceptors (Lipinski definition) is 2. The van der Waals surface area contributed by atoms with Crippen molar-refractivity contribution in [3.8, 4) is 0 Å². The first kappa shape index (κ1) is 16.1. The van der Waals surface area contributed by atoms with Gasteiger partial charge in [-0.05, 0) is 42.3 Å². The highest BCUT2D eigenvalue weighted by molar-refractivity contribution is 7.99. The fourth-order valence-corrected chi connectivity index (χ4v) is 3.88. The smallest absolute Gasteiger partial charge is 0.308 e. The van der Waals surface area contributed by atoms with Crippen molar-refractivity contribution in [3.05, 3.63) is 64.4 Å². The van der Waals surface area contributed by atoms with E-state index in [1.54, 1.807) is 34.9 Å². The number of halogens is 2. The number of thioether (sulfide) groups is 1. The molecular weight excluding hydrogens is 335 g/mol. The Kier molecular flexibility index (Phi) is 4.78. The van der Waals surface area contributed by atoms with Gasteiger partial charge >= 0.3 is 6.03 Å². The second kappa shape index (κ2) is 6.81. The average molecular weight is 351 g/mol. The largest absolute Gasteiger partial charge is 0.323 e. The predicted molar refractivity (Wildman–Crippen MR) is 93.5 cm³/mol. The van der Waals surface area contributed by atoms with E-state index >= 15 is 0 Å². The fourth-order valence-electron chi connectivity index (χ4n) is 2.45. The summed E-state index contributed by atoms with van der Waals surface area (Å²) in [5, 5.41) is 3.40. The number of amides is 2. The highest BCUT2D eigenvalue weighted by Gasteiger charge is 2.30. The number of aryl methyl sites for hydroxylation is 1. The maximum Gasteiger partial charge on any atom is 0.323 e. The van der Waals surface area contributed by atoms with Gasteiger partial charge in [0.1, 0.15) is 11.2 Å². The maximum atomic E-state index is 13.1. The van der Waals surface area contributed by atoms with E-state index in [0.29, 0.717) is 17.3 Å². The Bertz CT molecular complexity index is 723. The van der Waals surface area contributed by atoms with Gasteiger partial charge in [-0.25, -0.2) is 9.18 Å². The van der Waals surface area contributed by atoms with Crippen LogP contribution in [0.3, 0.4) is 0 Å². The Labute approximate surface area is 143 Å². The van der Waals surface area contributed by atoms with Crippen molar-refractivity contribution in [2.24, 2.45) is 0 Å². The zero-order valence-electron chi connectivity index (χ0n) is 12.6. The standard InChI is InChI=1S/C17H16ClFN2OS/c1-11-2-7-14(10-15(11)18)20-17(22)21-8-9-23-16(21)12-3-5-13(19)6-4-12/h2-7,10,16H,8-9H2,1H3,(H,20,22)/t16-/m0/s1. The monoisotopic (exact) mass is 350 g/mol. The highest BCUT2D eigenvalue weighted by Crippen LogP contribution is 2.38. The normalized spacial score (nSPS) is 17.3. The molecule has 1 heterocycles. The first-order valence-electron chi connectivity index (χ1n) is 7.25. The lowest BCUT2D eigenvalue weighted by Gasteiger charge is -2.24. The van der Waals surface area contributed by atoms with Gasteiger partial charge in [0, 0.05) is 23.0 Å². The molecule has 1 saturated heterocycles. The number of hydrogen-bond donors (Lipinski definition) is 1. The molecule has 0 aliphatic carbocycles. The Morgan fingerprint density at radius 2 is 2.04 bits per heavy atom. The Balaban J connectivity index is 1.75. The van der Waals surface area contributed by atoms with Gasteiger partial charge in [0.2, 0.25) is 0 Å². The van der Waals surface area contributed by atoms with Crippen LogP contribution in [0.2, 0.25) is 5.02 Å². The van der Waals surface area contributed by atoms with Gasteiger partial charge in [0.05, 0.1) is 0 Å². The third-order valence-corrected chi connectivity index (χ3v) is 5.40. The van der Waals surface area contributed by atoms with Gasteiger partial charge in [0.25, 0.3) is 0 Å². The van der Waals surface area contributed by atoms with Crippen LogP contribution < -0.4 is 5.32 Å². The molecule has 2 amide bonds. The summed E-state index contributed by atoms with van der Waals surface area (Å²) >= 11 is 7.76. The molecule has 1 N–H and O–H groups in total. The minimum Gasteiger partial charge on any atom is -0.308 e. The van der Waals surface area contributed by atoms with Crippen LogP contribution in [0.5, 0.6) is 0 Å². The van der Waals surface area contributed by atoms with Crippen molar-refractivity contribution in [2.75, 3.05) is 17.6 Å². The van der Waals surface area contributed by atoms with Crippen molar-refractivity contribution in [2.45, 2.75) is 12.3 Å². The summed E-state index contributed by atoms with van der Waals surface area (Å²) in [6, 6.07) is 11.6. The molecule has 0 aromatic heterocycles. The van der Waals surface area contributed by atoms with E-state index in [-0.39, 0.29) is 17.2 Å². The number of anilines is 1. The van der Waals surface area contributed by atoms with E-state index in [1.807, 2.05) is 19.1 Å². The lowest BCUT2D eigenvalue weighted by molar-refractivity contribution is 0.214. The van der Waals surface area contributed by atoms with Gasteiger partial charge in [-0.1, -0.05) is 29.8 Å². The molecule has 0 spiro atoms. The van der Waals surface area contributed by atoms with Gasteiger partial charge in [-0.15, -0.1) is 11.8 Å². The van der Waals surface area contributed by atoms with E-state index in [1.165, 1.54) is 12.1 Å². The first-order valence-corrected chi connectivity index (χ1v) is 8.68. The second-order valence-electron chi connectivity index (χ2n) is 5.36. The van der Waals surface area contributed by atoms with Crippen molar-refractivity contribution in [1.82, 2.24) is 4.90 Å². The van der Waals surface area contributed by atoms with Crippen LogP contribution in [0.1, 0.15) is 16.5 Å². The van der Waals surface area contributed by atoms with Crippen molar-refractivity contribution >= 4 is 35.1 Å². The number of nitrogens with zero attached hydrogens (tertiary/aromatic N) is 1. The Morgan fingerprint density at radius 1 is 1.30 bits per heavy atom. The SMILES string of the molecule is Cc1ccc(NC(=O)N2CCS[C@H]2c2ccc(F)cc2)cc1Cl. The molecule has 0 radical (unpaired) electrons. The number of carbonyl (C=O) groups is 1. The molecule has 23 heavy (non-hydrogen) atoms. The van der Waals surface area contributed by atoms with Crippen molar-refractivity contribution < 1.29 is 9.18 Å². The predicted octanol–water partition coefficient (Wildman–Crippen LogP) is 5.07. The summed E-state index contributed by atoms with van der Waals surface area (Å²) in [7, 11) is 0. The molecule has 0 bridgehead atoms. The van der Waals surface area contributed by atoms with E-state index in [0.717, 1.165) is 16.9 Å². The molecule has 1 aliphatic rings. The summed E-state index contributed by atoms with van der Waals surface area (Å²) in [6.45, 7) is 2.56. The Morgan fingerprint density at radius 3 is 2.74 bits per heavy atom. The van der Waals surface area contributed by atoms with Crippen LogP contribution in [0, 0.1) is 12.7 Å². The summed E-state index contributed by atoms with van der Waals surface area (Å²) in [5.41, 5.74) is 2.55. The molecule has 1 aliphatic heterocycles. The van der Waals surface area contributed by atoms with Gasteiger partial charge in [-0.2, -0.15) is 0 Å². The highest BCUT2D eigenvalue weighted by atomic mass is 35.5. The van der Waals surface area contributed by atoms with E-state index in [9.17, 15) is 9.18 Å². The van der Waals surface area contributed by atoms with E-state index in [4.69, 9.17) is 11.6 Å². The average Bonchev–Trinajstić information content (AvgIpc) is 3.01. The van der Waals surface area contributed by atoms with Crippen molar-refractivity contribution in [1.29, 1.82) is 0 Å². The lowest BCUT2D eigenvalue weighted by Crippen LogP contribution is -2.34. The third-order valence-electron chi connectivity index (χ3n) is 3.73. The van der Waals surface area contributed by atoms with Gasteiger partial charge in [0.15, 0.2) is 0 Å². The van der Waals surface area contributed by atoms with E-state index < -0.39 is 0 Å². The zero-order valence-corrected chi connectivity index (χ0v) is 14.1. The number of rotatable bonds is 2. The molecule has 6 heteroatoms. The molecule has 3 rings (SSSR count). The number of carbonyl (C=O) groups excluding carboxylic acids is 1. The molecule has 1 fully saturated rings. The quantitative estimate of drug-likeness (QED) is 0.820. The fraction of sp³-hybridized carbons (Fsp3) is 0.235. The summed E-state index contributed by atoms with van der Waals surface area (Å²) in [6.07, 6.45) is 0. The number of urea groups is 1. The minimum atomic E-state index is -0.276. The molecule has 0 saturated carbocycles. The van der Waals surface area contributed by atoms with Crippen LogP contribution >= 0.6 is 23.4 Å². The molecule has 0 unspecified atom stereocenters. The van der Waals surface area contributed by atoms with Crippen LogP contribution in [-0.2, 0) is 0 Å². The van der Waals surface area contributed by atoms with Crippen LogP contribution in [0.25, 0.3) is 0 Å². The topological polar surface area (TPSA) is 32.3 Å². The summed E-state index contributed by atoms with van der Waals surface area (Å²) in [5.74, 6) is 0.575. The van der Waals surface area contributed by atoms with Gasteiger partial charge < -0.3 is 10.2 Å². The summed E-state index contributed by atoms with van der Waals surface area (Å²) in [4.78, 5) is 14.3. The molecule has 3 nitrogen and oxygen atoms in total. The second-order valence-corrected chi connectivity index (χ2v) is 6.96. The molecular formula is C17H16ClFN2OS. The maximum absolute atomic E-state index is 13.1. The number of nitrogens with one attached hydrogen (secondary N) is 1. The minimum absolute atomic E-state index is 0.100. The molecule has 120 valence electrons. The molecule has 2 aromatic rings. The van der Waals surface area contributed by atoms with E-state index in [2.05, 4.69) is 5.32 Å². The van der Waals surface area contributed by atoms with Gasteiger partial charge in [-0.3, -0.25) is 0 Å². The summed E-state index contributed by atoms with van der Waals surface area (Å²) < 4.78 is 13.1. The zero-order chi connectivity index (χ0) is 16.4. The molecule has 1 atom stereocenters. The third kappa shape index (κ3) is 3.62. The van der Waals surface area contributed by atoms with Crippen LogP contribution in [0.15, 0.2) is 42.5 Å². The lowest BCUT2D eigenvalue weighted by atomic mass is 10.2. The van der Waals surface area contributed by atoms with Crippen LogP contribution in [-0.4, -0.2) is 23.2 Å².